The van der Waals surface area contributed by atoms with E-state index in [9.17, 15) is 18.0 Å². The molecule has 0 fully saturated rings. The van der Waals surface area contributed by atoms with Gasteiger partial charge >= 0.3 is 0 Å². The number of sulfonamides is 1. The van der Waals surface area contributed by atoms with Crippen LogP contribution in [0.2, 0.25) is 5.02 Å². The van der Waals surface area contributed by atoms with Gasteiger partial charge in [0.1, 0.15) is 5.75 Å². The Morgan fingerprint density at radius 3 is 2.15 bits per heavy atom. The minimum absolute atomic E-state index is 0.152. The molecule has 2 N–H and O–H groups in total. The molecule has 0 radical (unpaired) electrons. The highest BCUT2D eigenvalue weighted by atomic mass is 35.5. The van der Waals surface area contributed by atoms with E-state index in [4.69, 9.17) is 16.3 Å². The van der Waals surface area contributed by atoms with Gasteiger partial charge in [-0.15, -0.1) is 0 Å². The van der Waals surface area contributed by atoms with E-state index in [2.05, 4.69) is 5.32 Å². The van der Waals surface area contributed by atoms with Crippen LogP contribution < -0.4 is 14.8 Å². The van der Waals surface area contributed by atoms with Gasteiger partial charge < -0.3 is 10.1 Å². The van der Waals surface area contributed by atoms with Crippen molar-refractivity contribution in [3.8, 4) is 5.75 Å². The number of hydrogen-bond donors (Lipinski definition) is 2. The summed E-state index contributed by atoms with van der Waals surface area (Å²) in [5.41, 5.74) is 0.594. The number of hydrogen-bond acceptors (Lipinski definition) is 5. The second kappa shape index (κ2) is 8.20. The van der Waals surface area contributed by atoms with Gasteiger partial charge in [-0.3, -0.25) is 9.59 Å². The number of benzene rings is 2. The molecule has 0 aliphatic heterocycles. The first-order valence-corrected chi connectivity index (χ1v) is 9.76. The number of anilines is 1. The number of halogens is 1. The third kappa shape index (κ3) is 6.05. The van der Waals surface area contributed by atoms with Crippen molar-refractivity contribution in [3.63, 3.8) is 0 Å². The van der Waals surface area contributed by atoms with E-state index >= 15 is 0 Å². The van der Waals surface area contributed by atoms with Gasteiger partial charge in [0.15, 0.2) is 6.10 Å². The summed E-state index contributed by atoms with van der Waals surface area (Å²) in [4.78, 5) is 23.9. The normalized spacial score (nSPS) is 12.1. The van der Waals surface area contributed by atoms with Crippen molar-refractivity contribution in [1.29, 1.82) is 0 Å². The van der Waals surface area contributed by atoms with Crippen molar-refractivity contribution in [2.24, 2.45) is 0 Å². The fraction of sp³-hybridized carbons (Fsp3) is 0.176. The van der Waals surface area contributed by atoms with Crippen LogP contribution >= 0.6 is 11.6 Å². The average molecular weight is 397 g/mol. The van der Waals surface area contributed by atoms with Gasteiger partial charge in [0.05, 0.1) is 6.26 Å². The lowest BCUT2D eigenvalue weighted by molar-refractivity contribution is -0.122. The van der Waals surface area contributed by atoms with Gasteiger partial charge in [0, 0.05) is 16.3 Å². The van der Waals surface area contributed by atoms with Gasteiger partial charge in [0.2, 0.25) is 10.0 Å². The summed E-state index contributed by atoms with van der Waals surface area (Å²) >= 11 is 5.79. The van der Waals surface area contributed by atoms with Crippen molar-refractivity contribution in [1.82, 2.24) is 4.72 Å². The average Bonchev–Trinajstić information content (AvgIpc) is 2.56. The highest BCUT2D eigenvalue weighted by Gasteiger charge is 2.16. The van der Waals surface area contributed by atoms with E-state index in [1.807, 2.05) is 4.72 Å². The van der Waals surface area contributed by atoms with E-state index in [1.54, 1.807) is 31.2 Å². The quantitative estimate of drug-likeness (QED) is 0.780. The third-order valence-corrected chi connectivity index (χ3v) is 4.00. The van der Waals surface area contributed by atoms with E-state index in [0.717, 1.165) is 6.26 Å². The molecule has 0 spiro atoms. The zero-order valence-corrected chi connectivity index (χ0v) is 15.6. The molecule has 2 rings (SSSR count). The summed E-state index contributed by atoms with van der Waals surface area (Å²) in [7, 11) is -3.64. The monoisotopic (exact) mass is 396 g/mol. The Morgan fingerprint density at radius 1 is 1.04 bits per heavy atom. The van der Waals surface area contributed by atoms with Crippen LogP contribution in [0, 0.1) is 0 Å². The molecule has 2 amide bonds. The van der Waals surface area contributed by atoms with E-state index in [-0.39, 0.29) is 11.5 Å². The first kappa shape index (κ1) is 19.7. The summed E-state index contributed by atoms with van der Waals surface area (Å²) in [6, 6.07) is 12.4. The summed E-state index contributed by atoms with van der Waals surface area (Å²) in [5.74, 6) is -0.622. The summed E-state index contributed by atoms with van der Waals surface area (Å²) < 4.78 is 29.5. The van der Waals surface area contributed by atoms with Crippen LogP contribution in [-0.4, -0.2) is 32.6 Å². The first-order chi connectivity index (χ1) is 12.1. The molecular formula is C17H17ClN2O5S. The molecule has 1 atom stereocenters. The molecule has 0 saturated heterocycles. The number of nitrogens with one attached hydrogen (secondary N) is 2. The van der Waals surface area contributed by atoms with Crippen molar-refractivity contribution >= 4 is 39.1 Å². The van der Waals surface area contributed by atoms with Crippen LogP contribution in [0.15, 0.2) is 48.5 Å². The second-order valence-electron chi connectivity index (χ2n) is 5.48. The highest BCUT2D eigenvalue weighted by Crippen LogP contribution is 2.17. The van der Waals surface area contributed by atoms with Crippen LogP contribution in [0.25, 0.3) is 0 Å². The van der Waals surface area contributed by atoms with Crippen LogP contribution in [0.5, 0.6) is 5.75 Å². The Labute approximate surface area is 156 Å². The molecule has 0 heterocycles. The maximum atomic E-state index is 12.2. The third-order valence-electron chi connectivity index (χ3n) is 3.19. The van der Waals surface area contributed by atoms with E-state index < -0.39 is 22.0 Å². The number of ether oxygens (including phenoxy) is 1. The zero-order valence-electron chi connectivity index (χ0n) is 14.0. The van der Waals surface area contributed by atoms with Gasteiger partial charge in [0.25, 0.3) is 11.8 Å². The molecule has 0 aromatic heterocycles. The second-order valence-corrected chi connectivity index (χ2v) is 7.67. The van der Waals surface area contributed by atoms with E-state index in [1.165, 1.54) is 24.3 Å². The molecule has 2 aromatic carbocycles. The molecule has 9 heteroatoms. The molecule has 0 unspecified atom stereocenters. The minimum Gasteiger partial charge on any atom is -0.481 e. The van der Waals surface area contributed by atoms with Crippen molar-refractivity contribution in [2.75, 3.05) is 11.6 Å². The Kier molecular flexibility index (Phi) is 6.23. The summed E-state index contributed by atoms with van der Waals surface area (Å²) in [6.07, 6.45) is 0.131. The Bertz CT molecular complexity index is 896. The fourth-order valence-electron chi connectivity index (χ4n) is 1.95. The van der Waals surface area contributed by atoms with E-state index in [0.29, 0.717) is 16.5 Å². The topological polar surface area (TPSA) is 102 Å². The summed E-state index contributed by atoms with van der Waals surface area (Å²) in [5, 5.41) is 3.21. The smallest absolute Gasteiger partial charge is 0.265 e. The molecule has 0 aliphatic carbocycles. The Morgan fingerprint density at radius 2 is 1.62 bits per heavy atom. The Balaban J connectivity index is 1.96. The highest BCUT2D eigenvalue weighted by molar-refractivity contribution is 7.89. The zero-order chi connectivity index (χ0) is 19.3. The maximum Gasteiger partial charge on any atom is 0.265 e. The van der Waals surface area contributed by atoms with Gasteiger partial charge in [-0.05, 0) is 55.5 Å². The first-order valence-electron chi connectivity index (χ1n) is 7.49. The fourth-order valence-corrected chi connectivity index (χ4v) is 2.53. The van der Waals surface area contributed by atoms with Crippen LogP contribution in [-0.2, 0) is 14.8 Å². The largest absolute Gasteiger partial charge is 0.481 e. The maximum absolute atomic E-state index is 12.2. The molecular weight excluding hydrogens is 380 g/mol. The lowest BCUT2D eigenvalue weighted by Crippen LogP contribution is -2.30. The molecule has 0 saturated carbocycles. The SMILES string of the molecule is C[C@@H](Oc1ccc(Cl)cc1)C(=O)Nc1ccc(C(=O)NS(C)(=O)=O)cc1. The molecule has 26 heavy (non-hydrogen) atoms. The van der Waals surface area contributed by atoms with Crippen molar-refractivity contribution in [3.05, 3.63) is 59.1 Å². The predicted octanol–water partition coefficient (Wildman–Crippen LogP) is 2.44. The van der Waals surface area contributed by atoms with Gasteiger partial charge in [-0.1, -0.05) is 11.6 Å². The predicted molar refractivity (Wildman–Crippen MR) is 98.9 cm³/mol. The van der Waals surface area contributed by atoms with Gasteiger partial charge in [-0.2, -0.15) is 0 Å². The minimum atomic E-state index is -3.64. The summed E-state index contributed by atoms with van der Waals surface area (Å²) in [6.45, 7) is 1.60. The van der Waals surface area contributed by atoms with Crippen LogP contribution in [0.4, 0.5) is 5.69 Å². The van der Waals surface area contributed by atoms with Crippen molar-refractivity contribution < 1.29 is 22.7 Å². The lowest BCUT2D eigenvalue weighted by atomic mass is 10.2. The molecule has 7 nitrogen and oxygen atoms in total. The lowest BCUT2D eigenvalue weighted by Gasteiger charge is -2.15. The standard InChI is InChI=1S/C17H17ClN2O5S/c1-11(25-15-9-5-13(18)6-10-15)16(21)19-14-7-3-12(4-8-14)17(22)20-26(2,23)24/h3-11H,1-2H3,(H,19,21)(H,20,22)/t11-/m1/s1. The van der Waals surface area contributed by atoms with Crippen molar-refractivity contribution in [2.45, 2.75) is 13.0 Å². The molecule has 2 aromatic rings. The number of rotatable bonds is 6. The number of amides is 2. The molecule has 0 aliphatic rings. The Hall–Kier alpha value is -2.58. The van der Waals surface area contributed by atoms with Crippen LogP contribution in [0.3, 0.4) is 0 Å². The number of carbonyl (C=O) groups excluding carboxylic acids is 2. The van der Waals surface area contributed by atoms with Crippen LogP contribution in [0.1, 0.15) is 17.3 Å². The molecule has 0 bridgehead atoms. The number of carbonyl (C=O) groups is 2. The van der Waals surface area contributed by atoms with Gasteiger partial charge in [-0.25, -0.2) is 13.1 Å². The molecule has 138 valence electrons.